The van der Waals surface area contributed by atoms with Crippen LogP contribution in [0.5, 0.6) is 5.75 Å². The monoisotopic (exact) mass is 383 g/mol. The van der Waals surface area contributed by atoms with Gasteiger partial charge in [-0.2, -0.15) is 0 Å². The first-order chi connectivity index (χ1) is 11.8. The Morgan fingerprint density at radius 3 is 2.40 bits per heavy atom. The molecule has 0 bridgehead atoms. The van der Waals surface area contributed by atoms with Gasteiger partial charge in [-0.25, -0.2) is 8.42 Å². The SMILES string of the molecule is COC(=O)CN(c1ccccc1C)S(=O)(=O)c1ccc(OC)c(Cl)c1. The van der Waals surface area contributed by atoms with Crippen molar-refractivity contribution in [1.29, 1.82) is 0 Å². The molecule has 0 N–H and O–H groups in total. The number of hydrogen-bond donors (Lipinski definition) is 0. The van der Waals surface area contributed by atoms with Gasteiger partial charge in [0.1, 0.15) is 12.3 Å². The summed E-state index contributed by atoms with van der Waals surface area (Å²) in [6.07, 6.45) is 0. The molecule has 25 heavy (non-hydrogen) atoms. The number of esters is 1. The highest BCUT2D eigenvalue weighted by atomic mass is 35.5. The Morgan fingerprint density at radius 1 is 1.16 bits per heavy atom. The van der Waals surface area contributed by atoms with Crippen LogP contribution in [0, 0.1) is 6.92 Å². The molecule has 0 aliphatic carbocycles. The molecule has 8 heteroatoms. The van der Waals surface area contributed by atoms with E-state index in [9.17, 15) is 13.2 Å². The van der Waals surface area contributed by atoms with Gasteiger partial charge < -0.3 is 9.47 Å². The first kappa shape index (κ1) is 19.1. The predicted molar refractivity (Wildman–Crippen MR) is 95.7 cm³/mol. The summed E-state index contributed by atoms with van der Waals surface area (Å²) in [5.74, 6) is -0.317. The van der Waals surface area contributed by atoms with E-state index in [2.05, 4.69) is 4.74 Å². The Morgan fingerprint density at radius 2 is 1.84 bits per heavy atom. The number of rotatable bonds is 6. The van der Waals surface area contributed by atoms with Gasteiger partial charge in [-0.3, -0.25) is 9.10 Å². The summed E-state index contributed by atoms with van der Waals surface area (Å²) in [7, 11) is -1.40. The Labute approximate surface area is 152 Å². The number of methoxy groups -OCH3 is 2. The molecular weight excluding hydrogens is 366 g/mol. The Kier molecular flexibility index (Phi) is 5.92. The fourth-order valence-electron chi connectivity index (χ4n) is 2.26. The molecule has 0 spiro atoms. The van der Waals surface area contributed by atoms with Crippen LogP contribution in [0.2, 0.25) is 5.02 Å². The van der Waals surface area contributed by atoms with Crippen molar-refractivity contribution in [3.8, 4) is 5.75 Å². The number of carbonyl (C=O) groups is 1. The molecule has 0 heterocycles. The lowest BCUT2D eigenvalue weighted by Crippen LogP contribution is -2.36. The second-order valence-corrected chi connectivity index (χ2v) is 7.44. The number of benzene rings is 2. The Balaban J connectivity index is 2.57. The average molecular weight is 384 g/mol. The molecule has 0 atom stereocenters. The molecule has 0 radical (unpaired) electrons. The van der Waals surface area contributed by atoms with Crippen LogP contribution in [0.25, 0.3) is 0 Å². The number of hydrogen-bond acceptors (Lipinski definition) is 5. The number of aryl methyl sites for hydroxylation is 1. The molecule has 0 aromatic heterocycles. The van der Waals surface area contributed by atoms with Crippen LogP contribution in [0.4, 0.5) is 5.69 Å². The van der Waals surface area contributed by atoms with Gasteiger partial charge in [0, 0.05) is 0 Å². The third-order valence-electron chi connectivity index (χ3n) is 3.60. The summed E-state index contributed by atoms with van der Waals surface area (Å²) < 4.78 is 36.9. The predicted octanol–water partition coefficient (Wildman–Crippen LogP) is 3.03. The number of para-hydroxylation sites is 1. The summed E-state index contributed by atoms with van der Waals surface area (Å²) in [5.41, 5.74) is 1.09. The molecule has 134 valence electrons. The molecule has 0 aliphatic heterocycles. The molecule has 0 saturated heterocycles. The van der Waals surface area contributed by atoms with Crippen LogP contribution in [-0.4, -0.2) is 35.2 Å². The van der Waals surface area contributed by atoms with Gasteiger partial charge in [0.05, 0.1) is 29.8 Å². The number of sulfonamides is 1. The van der Waals surface area contributed by atoms with Crippen LogP contribution in [0.1, 0.15) is 5.56 Å². The van der Waals surface area contributed by atoms with E-state index in [0.29, 0.717) is 17.0 Å². The van der Waals surface area contributed by atoms with E-state index in [-0.39, 0.29) is 9.92 Å². The fraction of sp³-hybridized carbons (Fsp3) is 0.235. The maximum atomic E-state index is 13.1. The van der Waals surface area contributed by atoms with Crippen molar-refractivity contribution < 1.29 is 22.7 Å². The highest BCUT2D eigenvalue weighted by Crippen LogP contribution is 2.31. The molecule has 0 unspecified atom stereocenters. The lowest BCUT2D eigenvalue weighted by Gasteiger charge is -2.25. The molecule has 2 aromatic rings. The minimum Gasteiger partial charge on any atom is -0.495 e. The number of halogens is 1. The van der Waals surface area contributed by atoms with Gasteiger partial charge in [-0.1, -0.05) is 29.8 Å². The molecule has 6 nitrogen and oxygen atoms in total. The van der Waals surface area contributed by atoms with E-state index in [1.165, 1.54) is 32.4 Å². The summed E-state index contributed by atoms with van der Waals surface area (Å²) in [5, 5.41) is 0.159. The highest BCUT2D eigenvalue weighted by Gasteiger charge is 2.29. The van der Waals surface area contributed by atoms with Crippen molar-refractivity contribution in [2.75, 3.05) is 25.1 Å². The van der Waals surface area contributed by atoms with Gasteiger partial charge in [-0.15, -0.1) is 0 Å². The van der Waals surface area contributed by atoms with E-state index in [4.69, 9.17) is 16.3 Å². The summed E-state index contributed by atoms with van der Waals surface area (Å²) in [6.45, 7) is 1.31. The van der Waals surface area contributed by atoms with Crippen LogP contribution in [-0.2, 0) is 19.6 Å². The van der Waals surface area contributed by atoms with Crippen molar-refractivity contribution in [1.82, 2.24) is 0 Å². The maximum Gasteiger partial charge on any atom is 0.326 e. The van der Waals surface area contributed by atoms with Crippen LogP contribution in [0.15, 0.2) is 47.4 Å². The lowest BCUT2D eigenvalue weighted by atomic mass is 10.2. The lowest BCUT2D eigenvalue weighted by molar-refractivity contribution is -0.138. The zero-order valence-electron chi connectivity index (χ0n) is 14.0. The summed E-state index contributed by atoms with van der Waals surface area (Å²) in [6, 6.07) is 11.0. The van der Waals surface area contributed by atoms with E-state index >= 15 is 0 Å². The Bertz CT molecular complexity index is 882. The first-order valence-corrected chi connectivity index (χ1v) is 9.11. The topological polar surface area (TPSA) is 72.9 Å². The number of anilines is 1. The molecule has 2 aromatic carbocycles. The van der Waals surface area contributed by atoms with Crippen molar-refractivity contribution >= 4 is 33.3 Å². The fourth-order valence-corrected chi connectivity index (χ4v) is 4.08. The zero-order chi connectivity index (χ0) is 18.6. The third-order valence-corrected chi connectivity index (χ3v) is 5.65. The maximum absolute atomic E-state index is 13.1. The second kappa shape index (κ2) is 7.76. The third kappa shape index (κ3) is 4.05. The number of ether oxygens (including phenoxy) is 2. The Hall–Kier alpha value is -2.25. The standard InChI is InChI=1S/C17H18ClNO5S/c1-12-6-4-5-7-15(12)19(11-17(20)24-3)25(21,22)13-8-9-16(23-2)14(18)10-13/h4-10H,11H2,1-3H3. The molecule has 0 saturated carbocycles. The molecule has 2 rings (SSSR count). The molecular formula is C17H18ClNO5S. The number of carbonyl (C=O) groups excluding carboxylic acids is 1. The highest BCUT2D eigenvalue weighted by molar-refractivity contribution is 7.92. The van der Waals surface area contributed by atoms with E-state index in [1.54, 1.807) is 31.2 Å². The van der Waals surface area contributed by atoms with Crippen molar-refractivity contribution in [3.63, 3.8) is 0 Å². The largest absolute Gasteiger partial charge is 0.495 e. The van der Waals surface area contributed by atoms with Gasteiger partial charge in [0.15, 0.2) is 0 Å². The van der Waals surface area contributed by atoms with Crippen molar-refractivity contribution in [3.05, 3.63) is 53.1 Å². The molecule has 0 fully saturated rings. The van der Waals surface area contributed by atoms with E-state index in [1.807, 2.05) is 0 Å². The van der Waals surface area contributed by atoms with Crippen molar-refractivity contribution in [2.45, 2.75) is 11.8 Å². The minimum atomic E-state index is -4.04. The van der Waals surface area contributed by atoms with E-state index in [0.717, 1.165) is 4.31 Å². The second-order valence-electron chi connectivity index (χ2n) is 5.17. The van der Waals surface area contributed by atoms with Crippen LogP contribution in [0.3, 0.4) is 0 Å². The zero-order valence-corrected chi connectivity index (χ0v) is 15.6. The smallest absolute Gasteiger partial charge is 0.326 e. The van der Waals surface area contributed by atoms with Crippen LogP contribution < -0.4 is 9.04 Å². The normalized spacial score (nSPS) is 11.0. The van der Waals surface area contributed by atoms with Gasteiger partial charge >= 0.3 is 5.97 Å². The minimum absolute atomic E-state index is 0.0505. The summed E-state index contributed by atoms with van der Waals surface area (Å²) in [4.78, 5) is 11.7. The van der Waals surface area contributed by atoms with Crippen molar-refractivity contribution in [2.24, 2.45) is 0 Å². The quantitative estimate of drug-likeness (QED) is 0.717. The summed E-state index contributed by atoms with van der Waals surface area (Å²) >= 11 is 6.05. The van der Waals surface area contributed by atoms with Crippen LogP contribution >= 0.6 is 11.6 Å². The molecule has 0 aliphatic rings. The number of nitrogens with zero attached hydrogens (tertiary/aromatic N) is 1. The van der Waals surface area contributed by atoms with Gasteiger partial charge in [0.2, 0.25) is 0 Å². The first-order valence-electron chi connectivity index (χ1n) is 7.30. The van der Waals surface area contributed by atoms with Gasteiger partial charge in [-0.05, 0) is 36.8 Å². The molecule has 0 amide bonds. The van der Waals surface area contributed by atoms with E-state index < -0.39 is 22.5 Å². The van der Waals surface area contributed by atoms with Gasteiger partial charge in [0.25, 0.3) is 10.0 Å². The average Bonchev–Trinajstić information content (AvgIpc) is 2.60.